The zero-order valence-corrected chi connectivity index (χ0v) is 37.1. The number of benzene rings is 8. The lowest BCUT2D eigenvalue weighted by Gasteiger charge is -2.33. The molecule has 0 saturated carbocycles. The molecule has 1 spiro atoms. The number of rotatable bonds is 11. The van der Waals surface area contributed by atoms with E-state index in [1.165, 1.54) is 102 Å². The lowest BCUT2D eigenvalue weighted by Crippen LogP contribution is -2.26. The van der Waals surface area contributed by atoms with Gasteiger partial charge in [0, 0.05) is 22.4 Å². The van der Waals surface area contributed by atoms with Gasteiger partial charge in [-0.25, -0.2) is 0 Å². The van der Waals surface area contributed by atoms with E-state index < -0.39 is 5.41 Å². The molecule has 308 valence electrons. The normalized spacial score (nSPS) is 14.6. The minimum absolute atomic E-state index is 0.0783. The van der Waals surface area contributed by atoms with Crippen LogP contribution in [0.2, 0.25) is 0 Å². The van der Waals surface area contributed by atoms with Crippen molar-refractivity contribution in [3.05, 3.63) is 233 Å². The Morgan fingerprint density at radius 3 is 1.59 bits per heavy atom. The molecule has 1 heteroatoms. The minimum atomic E-state index is -0.433. The number of anilines is 3. The van der Waals surface area contributed by atoms with Crippen molar-refractivity contribution in [2.24, 2.45) is 5.92 Å². The van der Waals surface area contributed by atoms with E-state index in [1.54, 1.807) is 0 Å². The first kappa shape index (κ1) is 39.2. The Morgan fingerprint density at radius 1 is 0.492 bits per heavy atom. The molecule has 3 aliphatic rings. The third-order valence-electron chi connectivity index (χ3n) is 15.0. The van der Waals surface area contributed by atoms with Crippen molar-refractivity contribution in [3.8, 4) is 44.5 Å². The highest BCUT2D eigenvalue weighted by molar-refractivity contribution is 5.97. The van der Waals surface area contributed by atoms with E-state index in [4.69, 9.17) is 0 Å². The van der Waals surface area contributed by atoms with Crippen molar-refractivity contribution >= 4 is 17.1 Å². The third-order valence-corrected chi connectivity index (χ3v) is 15.0. The van der Waals surface area contributed by atoms with Gasteiger partial charge in [-0.3, -0.25) is 0 Å². The molecule has 0 saturated heterocycles. The first-order valence-corrected chi connectivity index (χ1v) is 23.2. The summed E-state index contributed by atoms with van der Waals surface area (Å²) < 4.78 is 0. The molecule has 1 unspecified atom stereocenters. The number of hydrogen-bond acceptors (Lipinski definition) is 1. The molecule has 0 aromatic heterocycles. The van der Waals surface area contributed by atoms with Gasteiger partial charge in [0.05, 0.1) is 11.1 Å². The Balaban J connectivity index is 1.09. The van der Waals surface area contributed by atoms with Crippen molar-refractivity contribution in [1.29, 1.82) is 0 Å². The molecule has 0 amide bonds. The predicted molar refractivity (Wildman–Crippen MR) is 267 cm³/mol. The average Bonchev–Trinajstić information content (AvgIpc) is 3.89. The van der Waals surface area contributed by atoms with E-state index in [0.717, 1.165) is 36.3 Å². The van der Waals surface area contributed by atoms with Gasteiger partial charge in [0.25, 0.3) is 0 Å². The Hall–Kier alpha value is -6.70. The number of allylic oxidation sites excluding steroid dienone is 1. The lowest BCUT2D eigenvalue weighted by molar-refractivity contribution is 0.463. The quantitative estimate of drug-likeness (QED) is 0.118. The molecular formula is C62H55N. The van der Waals surface area contributed by atoms with E-state index in [1.807, 2.05) is 0 Å². The molecule has 8 aromatic carbocycles. The van der Waals surface area contributed by atoms with Gasteiger partial charge in [-0.15, -0.1) is 0 Å². The van der Waals surface area contributed by atoms with Crippen molar-refractivity contribution in [3.63, 3.8) is 0 Å². The molecular weight excluding hydrogens is 759 g/mol. The Labute approximate surface area is 374 Å². The highest BCUT2D eigenvalue weighted by Gasteiger charge is 2.51. The molecule has 0 fully saturated rings. The summed E-state index contributed by atoms with van der Waals surface area (Å²) in [5, 5.41) is 0. The van der Waals surface area contributed by atoms with Crippen molar-refractivity contribution in [2.75, 3.05) is 4.90 Å². The van der Waals surface area contributed by atoms with E-state index in [-0.39, 0.29) is 5.41 Å². The van der Waals surface area contributed by atoms with Crippen LogP contribution in [0.25, 0.3) is 44.5 Å². The predicted octanol–water partition coefficient (Wildman–Crippen LogP) is 16.8. The Bertz CT molecular complexity index is 3010. The van der Waals surface area contributed by atoms with Crippen LogP contribution in [-0.4, -0.2) is 0 Å². The van der Waals surface area contributed by atoms with Crippen LogP contribution >= 0.6 is 0 Å². The smallest absolute Gasteiger partial charge is 0.0726 e. The lowest BCUT2D eigenvalue weighted by atomic mass is 9.70. The molecule has 1 nitrogen and oxygen atoms in total. The van der Waals surface area contributed by atoms with Crippen LogP contribution in [0, 0.1) is 5.92 Å². The number of nitrogens with zero attached hydrogens (tertiary/aromatic N) is 1. The second-order valence-electron chi connectivity index (χ2n) is 18.7. The maximum atomic E-state index is 4.32. The SMILES string of the molecule is C=C(CC)CC(CC)CCc1ccc(-c2ccccc2N(c2ccc3c(c2)-c2ccccc2C3(C)C)c2ccc3c(c2)C2(c4ccccc4-c4ccccc42)c2ccccc2-3)cc1. The Morgan fingerprint density at radius 2 is 0.984 bits per heavy atom. The summed E-state index contributed by atoms with van der Waals surface area (Å²) in [5.74, 6) is 0.682. The van der Waals surface area contributed by atoms with Crippen molar-refractivity contribution in [2.45, 2.75) is 70.6 Å². The molecule has 0 bridgehead atoms. The van der Waals surface area contributed by atoms with Gasteiger partial charge in [-0.1, -0.05) is 198 Å². The summed E-state index contributed by atoms with van der Waals surface area (Å²) in [6.45, 7) is 13.6. The van der Waals surface area contributed by atoms with E-state index in [9.17, 15) is 0 Å². The van der Waals surface area contributed by atoms with Gasteiger partial charge >= 0.3 is 0 Å². The molecule has 11 rings (SSSR count). The van der Waals surface area contributed by atoms with Gasteiger partial charge < -0.3 is 4.90 Å². The summed E-state index contributed by atoms with van der Waals surface area (Å²) in [7, 11) is 0. The second-order valence-corrected chi connectivity index (χ2v) is 18.7. The van der Waals surface area contributed by atoms with Crippen LogP contribution in [-0.2, 0) is 17.3 Å². The topological polar surface area (TPSA) is 3.24 Å². The molecule has 3 aliphatic carbocycles. The van der Waals surface area contributed by atoms with Crippen LogP contribution in [0.1, 0.15) is 92.3 Å². The maximum absolute atomic E-state index is 4.32. The third kappa shape index (κ3) is 6.04. The summed E-state index contributed by atoms with van der Waals surface area (Å²) in [6, 6.07) is 69.2. The maximum Gasteiger partial charge on any atom is 0.0726 e. The van der Waals surface area contributed by atoms with Crippen molar-refractivity contribution < 1.29 is 0 Å². The van der Waals surface area contributed by atoms with Crippen LogP contribution < -0.4 is 4.90 Å². The first-order chi connectivity index (χ1) is 30.8. The van der Waals surface area contributed by atoms with Crippen LogP contribution in [0.15, 0.2) is 194 Å². The fourth-order valence-electron chi connectivity index (χ4n) is 11.6. The number of aryl methyl sites for hydroxylation is 1. The van der Waals surface area contributed by atoms with Crippen LogP contribution in [0.3, 0.4) is 0 Å². The fraction of sp³-hybridized carbons (Fsp3) is 0.194. The van der Waals surface area contributed by atoms with Crippen molar-refractivity contribution in [1.82, 2.24) is 0 Å². The van der Waals surface area contributed by atoms with Gasteiger partial charge in [0.2, 0.25) is 0 Å². The van der Waals surface area contributed by atoms with E-state index in [0.29, 0.717) is 5.92 Å². The largest absolute Gasteiger partial charge is 0.310 e. The first-order valence-electron chi connectivity index (χ1n) is 23.2. The number of fused-ring (bicyclic) bond motifs is 13. The summed E-state index contributed by atoms with van der Waals surface area (Å²) in [6.07, 6.45) is 5.68. The minimum Gasteiger partial charge on any atom is -0.310 e. The monoisotopic (exact) mass is 813 g/mol. The van der Waals surface area contributed by atoms with Gasteiger partial charge in [-0.05, 0) is 140 Å². The molecule has 8 aromatic rings. The molecule has 63 heavy (non-hydrogen) atoms. The van der Waals surface area contributed by atoms with Crippen LogP contribution in [0.4, 0.5) is 17.1 Å². The average molecular weight is 814 g/mol. The molecule has 0 heterocycles. The zero-order valence-electron chi connectivity index (χ0n) is 37.1. The highest BCUT2D eigenvalue weighted by atomic mass is 15.1. The Kier molecular flexibility index (Phi) is 9.50. The van der Waals surface area contributed by atoms with Gasteiger partial charge in [0.15, 0.2) is 0 Å². The fourth-order valence-corrected chi connectivity index (χ4v) is 11.6. The molecule has 0 aliphatic heterocycles. The van der Waals surface area contributed by atoms with Crippen LogP contribution in [0.5, 0.6) is 0 Å². The zero-order chi connectivity index (χ0) is 42.9. The number of hydrogen-bond donors (Lipinski definition) is 0. The summed E-state index contributed by atoms with van der Waals surface area (Å²) >= 11 is 0. The van der Waals surface area contributed by atoms with E-state index >= 15 is 0 Å². The summed E-state index contributed by atoms with van der Waals surface area (Å²) in [4.78, 5) is 2.54. The summed E-state index contributed by atoms with van der Waals surface area (Å²) in [5.41, 5.74) is 24.3. The van der Waals surface area contributed by atoms with E-state index in [2.05, 4.69) is 221 Å². The van der Waals surface area contributed by atoms with Gasteiger partial charge in [0.1, 0.15) is 0 Å². The number of para-hydroxylation sites is 1. The molecule has 0 N–H and O–H groups in total. The second kappa shape index (κ2) is 15.3. The van der Waals surface area contributed by atoms with Gasteiger partial charge in [-0.2, -0.15) is 0 Å². The molecule has 1 atom stereocenters. The standard InChI is InChI=1S/C62H55N/c1-6-41(3)38-42(7-2)28-29-43-30-32-44(33-31-43)47-18-12-17-27-60(47)63(45-35-37-55-53(39-45)51-22-8-13-23-54(51)61(55,4)5)46-34-36-52-50-21-11-16-26-58(50)62(59(52)40-46)56-24-14-9-19-48(56)49-20-10-15-25-57(49)62/h8-27,30-37,39-40,42H,3,6-7,28-29,38H2,1-2,4-5H3. The molecule has 0 radical (unpaired) electrons. The highest BCUT2D eigenvalue weighted by Crippen LogP contribution is 2.63.